The zero-order valence-corrected chi connectivity index (χ0v) is 16.7. The lowest BCUT2D eigenvalue weighted by Crippen LogP contribution is -2.47. The van der Waals surface area contributed by atoms with Gasteiger partial charge < -0.3 is 9.64 Å². The fraction of sp³-hybridized carbons (Fsp3) is 0.400. The lowest BCUT2D eigenvalue weighted by Gasteiger charge is -2.34. The number of imide groups is 1. The van der Waals surface area contributed by atoms with E-state index in [0.717, 1.165) is 35.9 Å². The molecule has 2 heterocycles. The molecule has 1 aromatic rings. The quantitative estimate of drug-likeness (QED) is 0.569. The number of nitrogens with zero attached hydrogens (tertiary/aromatic N) is 2. The van der Waals surface area contributed by atoms with Crippen molar-refractivity contribution >= 4 is 40.9 Å². The third kappa shape index (κ3) is 4.27. The molecule has 8 heteroatoms. The number of ether oxygens (including phenoxy) is 1. The van der Waals surface area contributed by atoms with E-state index in [0.29, 0.717) is 17.7 Å². The summed E-state index contributed by atoms with van der Waals surface area (Å²) < 4.78 is 4.65. The monoisotopic (exact) mass is 402 g/mol. The third-order valence-electron chi connectivity index (χ3n) is 4.92. The van der Waals surface area contributed by atoms with Gasteiger partial charge in [0.15, 0.2) is 0 Å². The number of hydrogen-bond acceptors (Lipinski definition) is 6. The molecule has 2 saturated heterocycles. The Morgan fingerprint density at radius 1 is 1.21 bits per heavy atom. The zero-order valence-electron chi connectivity index (χ0n) is 15.8. The van der Waals surface area contributed by atoms with Crippen molar-refractivity contribution in [3.63, 3.8) is 0 Å². The van der Waals surface area contributed by atoms with Crippen LogP contribution in [0.25, 0.3) is 6.08 Å². The Kier molecular flexibility index (Phi) is 6.18. The van der Waals surface area contributed by atoms with Crippen LogP contribution in [0.15, 0.2) is 29.2 Å². The molecule has 2 aliphatic heterocycles. The lowest BCUT2D eigenvalue weighted by atomic mass is 10.0. The molecule has 7 nitrogen and oxygen atoms in total. The summed E-state index contributed by atoms with van der Waals surface area (Å²) in [6.07, 6.45) is 4.55. The Bertz CT molecular complexity index is 834. The highest BCUT2D eigenvalue weighted by Crippen LogP contribution is 2.32. The van der Waals surface area contributed by atoms with Crippen LogP contribution < -0.4 is 0 Å². The van der Waals surface area contributed by atoms with Gasteiger partial charge in [0.05, 0.1) is 17.6 Å². The predicted molar refractivity (Wildman–Crippen MR) is 105 cm³/mol. The van der Waals surface area contributed by atoms with Gasteiger partial charge in [0, 0.05) is 12.6 Å². The molecular weight excluding hydrogens is 380 g/mol. The van der Waals surface area contributed by atoms with Crippen molar-refractivity contribution < 1.29 is 23.9 Å². The molecule has 3 amide bonds. The fourth-order valence-corrected chi connectivity index (χ4v) is 4.15. The van der Waals surface area contributed by atoms with Crippen molar-refractivity contribution in [2.75, 3.05) is 20.2 Å². The van der Waals surface area contributed by atoms with Crippen LogP contribution in [-0.2, 0) is 14.3 Å². The second-order valence-electron chi connectivity index (χ2n) is 6.81. The van der Waals surface area contributed by atoms with Crippen molar-refractivity contribution in [2.45, 2.75) is 32.2 Å². The summed E-state index contributed by atoms with van der Waals surface area (Å²) >= 11 is 0.817. The molecule has 0 spiro atoms. The van der Waals surface area contributed by atoms with E-state index in [4.69, 9.17) is 0 Å². The van der Waals surface area contributed by atoms with Gasteiger partial charge in [-0.25, -0.2) is 4.79 Å². The SMILES string of the molecule is COC(=O)c1ccc(/C=C2\SC(=O)N(CC(=O)N3CCCC[C@H]3C)C2=O)cc1. The number of carbonyl (C=O) groups is 4. The number of esters is 1. The van der Waals surface area contributed by atoms with Gasteiger partial charge in [0.25, 0.3) is 11.1 Å². The van der Waals surface area contributed by atoms with E-state index in [1.54, 1.807) is 35.2 Å². The maximum Gasteiger partial charge on any atom is 0.337 e. The summed E-state index contributed by atoms with van der Waals surface area (Å²) in [5, 5.41) is -0.444. The molecule has 28 heavy (non-hydrogen) atoms. The minimum atomic E-state index is -0.468. The van der Waals surface area contributed by atoms with Crippen molar-refractivity contribution in [1.29, 1.82) is 0 Å². The van der Waals surface area contributed by atoms with Crippen molar-refractivity contribution in [2.24, 2.45) is 0 Å². The second kappa shape index (κ2) is 8.60. The molecule has 148 valence electrons. The first-order valence-corrected chi connectivity index (χ1v) is 9.95. The second-order valence-corrected chi connectivity index (χ2v) is 7.81. The molecular formula is C20H22N2O5S. The van der Waals surface area contributed by atoms with Crippen molar-refractivity contribution in [3.05, 3.63) is 40.3 Å². The molecule has 3 rings (SSSR count). The number of thioether (sulfide) groups is 1. The summed E-state index contributed by atoms with van der Waals surface area (Å²) in [5.74, 6) is -1.11. The normalized spacial score (nSPS) is 21.4. The van der Waals surface area contributed by atoms with Crippen LogP contribution in [-0.4, -0.2) is 59.1 Å². The minimum Gasteiger partial charge on any atom is -0.465 e. The van der Waals surface area contributed by atoms with E-state index < -0.39 is 17.1 Å². The first-order chi connectivity index (χ1) is 13.4. The minimum absolute atomic E-state index is 0.130. The third-order valence-corrected chi connectivity index (χ3v) is 5.83. The Balaban J connectivity index is 1.69. The smallest absolute Gasteiger partial charge is 0.337 e. The highest BCUT2D eigenvalue weighted by Gasteiger charge is 2.37. The molecule has 0 N–H and O–H groups in total. The van der Waals surface area contributed by atoms with E-state index >= 15 is 0 Å². The molecule has 0 radical (unpaired) electrons. The first kappa shape index (κ1) is 20.1. The fourth-order valence-electron chi connectivity index (χ4n) is 3.32. The molecule has 2 aliphatic rings. The van der Waals surface area contributed by atoms with Crippen LogP contribution in [0.5, 0.6) is 0 Å². The van der Waals surface area contributed by atoms with Gasteiger partial charge in [0.2, 0.25) is 5.91 Å². The van der Waals surface area contributed by atoms with E-state index in [2.05, 4.69) is 4.74 Å². The number of likely N-dealkylation sites (tertiary alicyclic amines) is 1. The predicted octanol–water partition coefficient (Wildman–Crippen LogP) is 2.91. The highest BCUT2D eigenvalue weighted by molar-refractivity contribution is 8.18. The number of amides is 3. The molecule has 0 saturated carbocycles. The summed E-state index contributed by atoms with van der Waals surface area (Å²) in [7, 11) is 1.30. The average Bonchev–Trinajstić information content (AvgIpc) is 2.95. The number of rotatable bonds is 4. The number of hydrogen-bond donors (Lipinski definition) is 0. The number of piperidine rings is 1. The molecule has 0 unspecified atom stereocenters. The van der Waals surface area contributed by atoms with Gasteiger partial charge >= 0.3 is 5.97 Å². The highest BCUT2D eigenvalue weighted by atomic mass is 32.2. The number of benzene rings is 1. The lowest BCUT2D eigenvalue weighted by molar-refractivity contribution is -0.138. The molecule has 0 aromatic heterocycles. The average molecular weight is 402 g/mol. The van der Waals surface area contributed by atoms with Gasteiger partial charge in [-0.2, -0.15) is 0 Å². The summed E-state index contributed by atoms with van der Waals surface area (Å²) in [6, 6.07) is 6.64. The Morgan fingerprint density at radius 3 is 2.57 bits per heavy atom. The number of methoxy groups -OCH3 is 1. The zero-order chi connectivity index (χ0) is 20.3. The van der Waals surface area contributed by atoms with Crippen LogP contribution in [0.2, 0.25) is 0 Å². The summed E-state index contributed by atoms with van der Waals surface area (Å²) in [4.78, 5) is 51.9. The van der Waals surface area contributed by atoms with E-state index in [1.165, 1.54) is 7.11 Å². The molecule has 0 bridgehead atoms. The molecule has 2 fully saturated rings. The Labute approximate surface area is 167 Å². The van der Waals surface area contributed by atoms with Crippen LogP contribution in [0.4, 0.5) is 4.79 Å². The first-order valence-electron chi connectivity index (χ1n) is 9.14. The van der Waals surface area contributed by atoms with E-state index in [1.807, 2.05) is 6.92 Å². The largest absolute Gasteiger partial charge is 0.465 e. The molecule has 0 aliphatic carbocycles. The number of carbonyl (C=O) groups excluding carboxylic acids is 4. The Morgan fingerprint density at radius 2 is 1.93 bits per heavy atom. The van der Waals surface area contributed by atoms with Gasteiger partial charge in [-0.1, -0.05) is 12.1 Å². The van der Waals surface area contributed by atoms with Crippen LogP contribution in [0.3, 0.4) is 0 Å². The summed E-state index contributed by atoms with van der Waals surface area (Å²) in [6.45, 7) is 2.43. The van der Waals surface area contributed by atoms with Gasteiger partial charge in [-0.05, 0) is 61.7 Å². The topological polar surface area (TPSA) is 84.0 Å². The van der Waals surface area contributed by atoms with Crippen molar-refractivity contribution in [3.8, 4) is 0 Å². The summed E-state index contributed by atoms with van der Waals surface area (Å²) in [5.41, 5.74) is 1.07. The van der Waals surface area contributed by atoms with Crippen molar-refractivity contribution in [1.82, 2.24) is 9.80 Å². The van der Waals surface area contributed by atoms with Crippen LogP contribution >= 0.6 is 11.8 Å². The van der Waals surface area contributed by atoms with E-state index in [-0.39, 0.29) is 23.4 Å². The Hall–Kier alpha value is -2.61. The standard InChI is InChI=1S/C20H22N2O5S/c1-13-5-3-4-10-21(13)17(23)12-22-18(24)16(28-20(22)26)11-14-6-8-15(9-7-14)19(25)27-2/h6-9,11,13H,3-5,10,12H2,1-2H3/b16-11-/t13-/m1/s1. The van der Waals surface area contributed by atoms with E-state index in [9.17, 15) is 19.2 Å². The molecule has 1 atom stereocenters. The maximum absolute atomic E-state index is 12.6. The van der Waals surface area contributed by atoms with Gasteiger partial charge in [-0.15, -0.1) is 0 Å². The van der Waals surface area contributed by atoms with Crippen LogP contribution in [0, 0.1) is 0 Å². The van der Waals surface area contributed by atoms with Gasteiger partial charge in [-0.3, -0.25) is 19.3 Å². The van der Waals surface area contributed by atoms with Crippen LogP contribution in [0.1, 0.15) is 42.1 Å². The maximum atomic E-state index is 12.6. The van der Waals surface area contributed by atoms with Gasteiger partial charge in [0.1, 0.15) is 6.54 Å². The molecule has 1 aromatic carbocycles.